The number of rotatable bonds is 3. The normalized spacial score (nSPS) is 30.3. The fourth-order valence-electron chi connectivity index (χ4n) is 4.60. The Balaban J connectivity index is 1.37. The van der Waals surface area contributed by atoms with Crippen LogP contribution in [0.4, 0.5) is 4.79 Å². The van der Waals surface area contributed by atoms with Crippen molar-refractivity contribution in [1.29, 1.82) is 0 Å². The van der Waals surface area contributed by atoms with Gasteiger partial charge in [-0.15, -0.1) is 0 Å². The number of urea groups is 1. The van der Waals surface area contributed by atoms with Crippen LogP contribution in [0.1, 0.15) is 37.8 Å². The molecule has 3 aliphatic rings. The number of carbonyl (C=O) groups excluding carboxylic acids is 2. The summed E-state index contributed by atoms with van der Waals surface area (Å²) in [5.74, 6) is 1.52. The molecule has 1 saturated carbocycles. The van der Waals surface area contributed by atoms with Crippen LogP contribution < -0.4 is 5.32 Å². The van der Waals surface area contributed by atoms with Crippen molar-refractivity contribution in [2.45, 2.75) is 45.2 Å². The Kier molecular flexibility index (Phi) is 3.97. The molecular weight excluding hydrogens is 314 g/mol. The summed E-state index contributed by atoms with van der Waals surface area (Å²) < 4.78 is 0. The second kappa shape index (κ2) is 6.04. The van der Waals surface area contributed by atoms with Crippen LogP contribution in [0, 0.1) is 11.8 Å². The Bertz CT molecular complexity index is 702. The van der Waals surface area contributed by atoms with Gasteiger partial charge in [-0.1, -0.05) is 38.1 Å². The average molecular weight is 341 g/mol. The lowest BCUT2D eigenvalue weighted by atomic mass is 10.1. The van der Waals surface area contributed by atoms with Gasteiger partial charge in [-0.25, -0.2) is 4.79 Å². The first kappa shape index (κ1) is 16.4. The van der Waals surface area contributed by atoms with Gasteiger partial charge in [0.15, 0.2) is 0 Å². The molecule has 1 heterocycles. The van der Waals surface area contributed by atoms with E-state index in [1.54, 1.807) is 4.90 Å². The van der Waals surface area contributed by atoms with E-state index in [9.17, 15) is 9.59 Å². The van der Waals surface area contributed by atoms with E-state index in [1.165, 1.54) is 11.1 Å². The molecule has 25 heavy (non-hydrogen) atoms. The summed E-state index contributed by atoms with van der Waals surface area (Å²) in [6, 6.07) is 8.31. The molecular formula is C20H27N3O2. The molecule has 1 aromatic carbocycles. The van der Waals surface area contributed by atoms with Crippen LogP contribution in [0.2, 0.25) is 0 Å². The zero-order valence-corrected chi connectivity index (χ0v) is 15.2. The predicted molar refractivity (Wildman–Crippen MR) is 96.3 cm³/mol. The van der Waals surface area contributed by atoms with Crippen LogP contribution in [0.15, 0.2) is 24.3 Å². The lowest BCUT2D eigenvalue weighted by Crippen LogP contribution is -2.60. The van der Waals surface area contributed by atoms with E-state index in [-0.39, 0.29) is 24.0 Å². The van der Waals surface area contributed by atoms with Gasteiger partial charge in [0, 0.05) is 31.6 Å². The van der Waals surface area contributed by atoms with Gasteiger partial charge in [0.2, 0.25) is 5.91 Å². The predicted octanol–water partition coefficient (Wildman–Crippen LogP) is 2.22. The maximum absolute atomic E-state index is 12.7. The molecule has 134 valence electrons. The van der Waals surface area contributed by atoms with Crippen LogP contribution in [0.5, 0.6) is 0 Å². The van der Waals surface area contributed by atoms with Crippen LogP contribution in [-0.2, 0) is 11.2 Å². The highest BCUT2D eigenvalue weighted by Gasteiger charge is 2.56. The highest BCUT2D eigenvalue weighted by Crippen LogP contribution is 2.56. The smallest absolute Gasteiger partial charge is 0.318 e. The van der Waals surface area contributed by atoms with Gasteiger partial charge in [0.05, 0.1) is 0 Å². The number of benzene rings is 1. The number of piperazine rings is 1. The summed E-state index contributed by atoms with van der Waals surface area (Å²) >= 11 is 0. The molecule has 0 spiro atoms. The second-order valence-corrected chi connectivity index (χ2v) is 8.12. The SMILES string of the molecule is CC(C)CN1CCN(C(=O)NC2C3Cc4ccccc4C32)C(C)C1=O. The zero-order chi connectivity index (χ0) is 17.7. The summed E-state index contributed by atoms with van der Waals surface area (Å²) in [6.45, 7) is 8.08. The van der Waals surface area contributed by atoms with E-state index < -0.39 is 0 Å². The molecule has 5 nitrogen and oxygen atoms in total. The average Bonchev–Trinajstić information content (AvgIpc) is 3.08. The molecule has 4 rings (SSSR count). The van der Waals surface area contributed by atoms with Crippen molar-refractivity contribution in [3.63, 3.8) is 0 Å². The lowest BCUT2D eigenvalue weighted by molar-refractivity contribution is -0.139. The lowest BCUT2D eigenvalue weighted by Gasteiger charge is -2.39. The molecule has 4 unspecified atom stereocenters. The Morgan fingerprint density at radius 1 is 1.28 bits per heavy atom. The van der Waals surface area contributed by atoms with Crippen molar-refractivity contribution in [2.75, 3.05) is 19.6 Å². The van der Waals surface area contributed by atoms with Gasteiger partial charge in [0.25, 0.3) is 0 Å². The first-order valence-corrected chi connectivity index (χ1v) is 9.41. The van der Waals surface area contributed by atoms with Gasteiger partial charge in [0.1, 0.15) is 6.04 Å². The first-order chi connectivity index (χ1) is 12.0. The third-order valence-electron chi connectivity index (χ3n) is 5.92. The van der Waals surface area contributed by atoms with Gasteiger partial charge >= 0.3 is 6.03 Å². The highest BCUT2D eigenvalue weighted by atomic mass is 16.2. The van der Waals surface area contributed by atoms with Gasteiger partial charge in [-0.2, -0.15) is 0 Å². The number of hydrogen-bond acceptors (Lipinski definition) is 2. The number of nitrogens with one attached hydrogen (secondary N) is 1. The fourth-order valence-corrected chi connectivity index (χ4v) is 4.60. The monoisotopic (exact) mass is 341 g/mol. The van der Waals surface area contributed by atoms with Gasteiger partial charge in [-0.3, -0.25) is 4.79 Å². The molecule has 1 aromatic rings. The van der Waals surface area contributed by atoms with E-state index in [4.69, 9.17) is 0 Å². The standard InChI is InChI=1S/C20H27N3O2/c1-12(2)11-22-8-9-23(13(3)19(22)24)20(25)21-18-16-10-14-6-4-5-7-15(14)17(16)18/h4-7,12-13,16-18H,8-11H2,1-3H3,(H,21,25). The van der Waals surface area contributed by atoms with Gasteiger partial charge < -0.3 is 15.1 Å². The van der Waals surface area contributed by atoms with Crippen molar-refractivity contribution < 1.29 is 9.59 Å². The molecule has 0 aromatic heterocycles. The first-order valence-electron chi connectivity index (χ1n) is 9.41. The Labute approximate surface area is 149 Å². The maximum atomic E-state index is 12.7. The molecule has 2 fully saturated rings. The maximum Gasteiger partial charge on any atom is 0.318 e. The van der Waals surface area contributed by atoms with E-state index in [1.807, 2.05) is 11.8 Å². The summed E-state index contributed by atoms with van der Waals surface area (Å²) in [5.41, 5.74) is 2.82. The molecule has 1 saturated heterocycles. The minimum atomic E-state index is -0.377. The third kappa shape index (κ3) is 2.79. The number of amides is 3. The number of carbonyl (C=O) groups is 2. The molecule has 1 N–H and O–H groups in total. The van der Waals surface area contributed by atoms with Crippen molar-refractivity contribution in [3.8, 4) is 0 Å². The van der Waals surface area contributed by atoms with Crippen LogP contribution >= 0.6 is 0 Å². The van der Waals surface area contributed by atoms with E-state index >= 15 is 0 Å². The van der Waals surface area contributed by atoms with E-state index in [0.717, 1.165) is 13.0 Å². The molecule has 0 bridgehead atoms. The highest BCUT2D eigenvalue weighted by molar-refractivity contribution is 5.88. The summed E-state index contributed by atoms with van der Waals surface area (Å²) in [4.78, 5) is 28.9. The van der Waals surface area contributed by atoms with Crippen molar-refractivity contribution in [2.24, 2.45) is 11.8 Å². The summed E-state index contributed by atoms with van der Waals surface area (Å²) in [6.07, 6.45) is 1.06. The summed E-state index contributed by atoms with van der Waals surface area (Å²) in [5, 5.41) is 3.19. The molecule has 1 aliphatic heterocycles. The largest absolute Gasteiger partial charge is 0.339 e. The quantitative estimate of drug-likeness (QED) is 0.916. The molecule has 2 aliphatic carbocycles. The van der Waals surface area contributed by atoms with Crippen molar-refractivity contribution in [3.05, 3.63) is 35.4 Å². The molecule has 5 heteroatoms. The number of hydrogen-bond donors (Lipinski definition) is 1. The van der Waals surface area contributed by atoms with Gasteiger partial charge in [-0.05, 0) is 36.3 Å². The number of nitrogens with zero attached hydrogens (tertiary/aromatic N) is 2. The van der Waals surface area contributed by atoms with E-state index in [0.29, 0.717) is 30.8 Å². The minimum absolute atomic E-state index is 0.0661. The molecule has 4 atom stereocenters. The molecule has 3 amide bonds. The van der Waals surface area contributed by atoms with Crippen LogP contribution in [0.25, 0.3) is 0 Å². The topological polar surface area (TPSA) is 52.6 Å². The Morgan fingerprint density at radius 2 is 2.04 bits per heavy atom. The second-order valence-electron chi connectivity index (χ2n) is 8.12. The third-order valence-corrected chi connectivity index (χ3v) is 5.92. The zero-order valence-electron chi connectivity index (χ0n) is 15.2. The fraction of sp³-hybridized carbons (Fsp3) is 0.600. The Morgan fingerprint density at radius 3 is 2.80 bits per heavy atom. The van der Waals surface area contributed by atoms with Crippen LogP contribution in [0.3, 0.4) is 0 Å². The van der Waals surface area contributed by atoms with Crippen molar-refractivity contribution in [1.82, 2.24) is 15.1 Å². The molecule has 0 radical (unpaired) electrons. The number of fused-ring (bicyclic) bond motifs is 3. The van der Waals surface area contributed by atoms with E-state index in [2.05, 4.69) is 43.4 Å². The van der Waals surface area contributed by atoms with Crippen LogP contribution in [-0.4, -0.2) is 53.5 Å². The summed E-state index contributed by atoms with van der Waals surface area (Å²) in [7, 11) is 0. The van der Waals surface area contributed by atoms with Crippen molar-refractivity contribution >= 4 is 11.9 Å². The minimum Gasteiger partial charge on any atom is -0.339 e. The Hall–Kier alpha value is -2.04.